The van der Waals surface area contributed by atoms with Crippen LogP contribution in [0, 0.1) is 13.8 Å². The van der Waals surface area contributed by atoms with Crippen LogP contribution < -0.4 is 10.6 Å². The van der Waals surface area contributed by atoms with E-state index in [0.717, 1.165) is 47.9 Å². The lowest BCUT2D eigenvalue weighted by atomic mass is 10.1. The average Bonchev–Trinajstić information content (AvgIpc) is 3.13. The molecule has 0 radical (unpaired) electrons. The molecule has 8 nitrogen and oxygen atoms in total. The van der Waals surface area contributed by atoms with Gasteiger partial charge in [0.2, 0.25) is 0 Å². The number of aromatic nitrogens is 5. The highest BCUT2D eigenvalue weighted by atomic mass is 16.2. The van der Waals surface area contributed by atoms with Crippen LogP contribution in [0.25, 0.3) is 5.65 Å². The number of hydrogen-bond donors (Lipinski definition) is 2. The smallest absolute Gasteiger partial charge is 0.319 e. The van der Waals surface area contributed by atoms with Crippen molar-refractivity contribution in [3.8, 4) is 0 Å². The third-order valence-corrected chi connectivity index (χ3v) is 4.22. The Balaban J connectivity index is 1.50. The van der Waals surface area contributed by atoms with Gasteiger partial charge in [-0.3, -0.25) is 0 Å². The minimum absolute atomic E-state index is 0.113. The Morgan fingerprint density at radius 1 is 1.38 bits per heavy atom. The first-order chi connectivity index (χ1) is 11.6. The number of anilines is 1. The first kappa shape index (κ1) is 14.7. The van der Waals surface area contributed by atoms with Crippen molar-refractivity contribution in [3.63, 3.8) is 0 Å². The maximum absolute atomic E-state index is 12.4. The van der Waals surface area contributed by atoms with E-state index < -0.39 is 0 Å². The number of carbonyl (C=O) groups excluding carboxylic acids is 1. The van der Waals surface area contributed by atoms with Gasteiger partial charge in [0, 0.05) is 25.1 Å². The Morgan fingerprint density at radius 3 is 3.12 bits per heavy atom. The third kappa shape index (κ3) is 2.60. The molecule has 0 saturated heterocycles. The van der Waals surface area contributed by atoms with Crippen molar-refractivity contribution in [2.45, 2.75) is 39.3 Å². The van der Waals surface area contributed by atoms with Gasteiger partial charge in [0.15, 0.2) is 0 Å². The molecule has 2 N–H and O–H groups in total. The van der Waals surface area contributed by atoms with Gasteiger partial charge in [-0.25, -0.2) is 19.4 Å². The zero-order valence-electron chi connectivity index (χ0n) is 13.7. The highest BCUT2D eigenvalue weighted by Crippen LogP contribution is 2.23. The molecule has 1 unspecified atom stereocenters. The van der Waals surface area contributed by atoms with Gasteiger partial charge in [-0.2, -0.15) is 5.10 Å². The van der Waals surface area contributed by atoms with Gasteiger partial charge in [0.05, 0.1) is 11.7 Å². The Kier molecular flexibility index (Phi) is 3.44. The first-order valence-electron chi connectivity index (χ1n) is 8.02. The summed E-state index contributed by atoms with van der Waals surface area (Å²) in [5.74, 6) is 1.57. The number of aryl methyl sites for hydroxylation is 3. The molecule has 4 heterocycles. The average molecular weight is 325 g/mol. The molecule has 3 aromatic rings. The molecule has 0 bridgehead atoms. The van der Waals surface area contributed by atoms with Gasteiger partial charge in [0.1, 0.15) is 17.3 Å². The van der Waals surface area contributed by atoms with Crippen molar-refractivity contribution in [2.24, 2.45) is 0 Å². The molecular formula is C16H19N7O. The molecule has 0 aliphatic carbocycles. The zero-order chi connectivity index (χ0) is 16.7. The number of amides is 2. The summed E-state index contributed by atoms with van der Waals surface area (Å²) in [5.41, 5.74) is 2.62. The highest BCUT2D eigenvalue weighted by molar-refractivity contribution is 5.89. The van der Waals surface area contributed by atoms with E-state index in [1.54, 1.807) is 6.20 Å². The first-order valence-corrected chi connectivity index (χ1v) is 8.02. The second-order valence-electron chi connectivity index (χ2n) is 6.10. The second-order valence-corrected chi connectivity index (χ2v) is 6.10. The SMILES string of the molecule is Cc1nc2n(n1)CCCC2NC(=O)Nc1cc(C)c2nccn2c1. The molecule has 1 aliphatic rings. The number of carbonyl (C=O) groups is 1. The van der Waals surface area contributed by atoms with Crippen molar-refractivity contribution in [1.82, 2.24) is 29.5 Å². The molecule has 8 heteroatoms. The van der Waals surface area contributed by atoms with E-state index in [4.69, 9.17) is 0 Å². The predicted octanol–water partition coefficient (Wildman–Crippen LogP) is 2.20. The summed E-state index contributed by atoms with van der Waals surface area (Å²) < 4.78 is 3.77. The Morgan fingerprint density at radius 2 is 2.25 bits per heavy atom. The van der Waals surface area contributed by atoms with Gasteiger partial charge >= 0.3 is 6.03 Å². The molecule has 1 aliphatic heterocycles. The number of hydrogen-bond acceptors (Lipinski definition) is 4. The van der Waals surface area contributed by atoms with Crippen molar-refractivity contribution >= 4 is 17.4 Å². The van der Waals surface area contributed by atoms with Crippen LogP contribution in [-0.2, 0) is 6.54 Å². The molecule has 24 heavy (non-hydrogen) atoms. The van der Waals surface area contributed by atoms with E-state index in [2.05, 4.69) is 25.7 Å². The number of fused-ring (bicyclic) bond motifs is 2. The molecule has 0 spiro atoms. The van der Waals surface area contributed by atoms with E-state index in [1.807, 2.05) is 41.4 Å². The number of urea groups is 1. The van der Waals surface area contributed by atoms with Crippen molar-refractivity contribution in [3.05, 3.63) is 41.9 Å². The monoisotopic (exact) mass is 325 g/mol. The van der Waals surface area contributed by atoms with E-state index in [0.29, 0.717) is 0 Å². The standard InChI is InChI=1S/C16H19N7O/c1-10-8-12(9-22-7-5-17-14(10)22)19-16(24)20-13-4-3-6-23-15(13)18-11(2)21-23/h5,7-9,13H,3-4,6H2,1-2H3,(H2,19,20,24). The summed E-state index contributed by atoms with van der Waals surface area (Å²) in [5, 5.41) is 10.2. The largest absolute Gasteiger partial charge is 0.328 e. The Bertz CT molecular complexity index is 910. The third-order valence-electron chi connectivity index (χ3n) is 4.22. The van der Waals surface area contributed by atoms with E-state index in [9.17, 15) is 4.79 Å². The quantitative estimate of drug-likeness (QED) is 0.756. The minimum atomic E-state index is -0.243. The number of nitrogens with one attached hydrogen (secondary N) is 2. The summed E-state index contributed by atoms with van der Waals surface area (Å²) in [6.07, 6.45) is 7.29. The molecule has 2 amide bonds. The molecule has 0 saturated carbocycles. The van der Waals surface area contributed by atoms with Crippen LogP contribution in [0.15, 0.2) is 24.7 Å². The zero-order valence-corrected chi connectivity index (χ0v) is 13.7. The number of nitrogens with zero attached hydrogens (tertiary/aromatic N) is 5. The lowest BCUT2D eigenvalue weighted by molar-refractivity contribution is 0.244. The lowest BCUT2D eigenvalue weighted by Crippen LogP contribution is -2.36. The number of rotatable bonds is 2. The van der Waals surface area contributed by atoms with E-state index in [1.165, 1.54) is 0 Å². The fourth-order valence-corrected chi connectivity index (χ4v) is 3.21. The molecule has 3 aromatic heterocycles. The van der Waals surface area contributed by atoms with Crippen LogP contribution >= 0.6 is 0 Å². The molecule has 124 valence electrons. The van der Waals surface area contributed by atoms with Gasteiger partial charge in [-0.15, -0.1) is 0 Å². The molecule has 1 atom stereocenters. The number of pyridine rings is 1. The topological polar surface area (TPSA) is 89.1 Å². The Hall–Kier alpha value is -2.90. The van der Waals surface area contributed by atoms with Gasteiger partial charge < -0.3 is 15.0 Å². The van der Waals surface area contributed by atoms with Crippen LogP contribution in [0.4, 0.5) is 10.5 Å². The van der Waals surface area contributed by atoms with Crippen LogP contribution in [-0.4, -0.2) is 30.2 Å². The summed E-state index contributed by atoms with van der Waals surface area (Å²) in [4.78, 5) is 21.1. The predicted molar refractivity (Wildman–Crippen MR) is 88.8 cm³/mol. The van der Waals surface area contributed by atoms with Gasteiger partial charge in [0.25, 0.3) is 0 Å². The van der Waals surface area contributed by atoms with Crippen LogP contribution in [0.2, 0.25) is 0 Å². The fraction of sp³-hybridized carbons (Fsp3) is 0.375. The van der Waals surface area contributed by atoms with Crippen LogP contribution in [0.1, 0.15) is 36.1 Å². The fourth-order valence-electron chi connectivity index (χ4n) is 3.21. The Labute approximate surface area is 138 Å². The molecular weight excluding hydrogens is 306 g/mol. The van der Waals surface area contributed by atoms with E-state index in [-0.39, 0.29) is 12.1 Å². The van der Waals surface area contributed by atoms with Crippen LogP contribution in [0.3, 0.4) is 0 Å². The minimum Gasteiger partial charge on any atom is -0.328 e. The van der Waals surface area contributed by atoms with E-state index >= 15 is 0 Å². The summed E-state index contributed by atoms with van der Waals surface area (Å²) >= 11 is 0. The molecule has 4 rings (SSSR count). The molecule has 0 fully saturated rings. The normalized spacial score (nSPS) is 16.8. The maximum atomic E-state index is 12.4. The second kappa shape index (κ2) is 5.63. The number of imidazole rings is 1. The lowest BCUT2D eigenvalue weighted by Gasteiger charge is -2.23. The van der Waals surface area contributed by atoms with Crippen molar-refractivity contribution in [1.29, 1.82) is 0 Å². The maximum Gasteiger partial charge on any atom is 0.319 e. The van der Waals surface area contributed by atoms with Crippen molar-refractivity contribution in [2.75, 3.05) is 5.32 Å². The summed E-state index contributed by atoms with van der Waals surface area (Å²) in [6.45, 7) is 4.69. The van der Waals surface area contributed by atoms with Crippen molar-refractivity contribution < 1.29 is 4.79 Å². The van der Waals surface area contributed by atoms with Crippen LogP contribution in [0.5, 0.6) is 0 Å². The summed E-state index contributed by atoms with van der Waals surface area (Å²) in [7, 11) is 0. The van der Waals surface area contributed by atoms with Gasteiger partial charge in [-0.1, -0.05) is 0 Å². The highest BCUT2D eigenvalue weighted by Gasteiger charge is 2.25. The summed E-state index contributed by atoms with van der Waals surface area (Å²) in [6, 6.07) is 1.56. The van der Waals surface area contributed by atoms with Gasteiger partial charge in [-0.05, 0) is 38.3 Å². The molecule has 0 aromatic carbocycles.